The Morgan fingerprint density at radius 1 is 1.40 bits per heavy atom. The molecule has 0 radical (unpaired) electrons. The van der Waals surface area contributed by atoms with E-state index in [1.165, 1.54) is 11.3 Å². The number of nitrogens with zero attached hydrogens (tertiary/aromatic N) is 4. The maximum absolute atomic E-state index is 11.9. The Morgan fingerprint density at radius 2 is 2.24 bits per heavy atom. The highest BCUT2D eigenvalue weighted by Gasteiger charge is 2.13. The highest BCUT2D eigenvalue weighted by atomic mass is 32.2. The summed E-state index contributed by atoms with van der Waals surface area (Å²) in [6.45, 7) is 5.27. The Balaban J connectivity index is 1.40. The Labute approximate surface area is 155 Å². The van der Waals surface area contributed by atoms with E-state index >= 15 is 0 Å². The lowest BCUT2D eigenvalue weighted by atomic mass is 10.3. The average Bonchev–Trinajstić information content (AvgIpc) is 3.28. The van der Waals surface area contributed by atoms with Gasteiger partial charge in [-0.1, -0.05) is 17.8 Å². The van der Waals surface area contributed by atoms with Gasteiger partial charge in [-0.2, -0.15) is 0 Å². The van der Waals surface area contributed by atoms with Crippen LogP contribution < -0.4 is 5.32 Å². The van der Waals surface area contributed by atoms with Gasteiger partial charge >= 0.3 is 0 Å². The molecule has 0 unspecified atom stereocenters. The molecule has 0 aliphatic carbocycles. The number of carbonyl (C=O) groups excluding carboxylic acids is 1. The smallest absolute Gasteiger partial charge is 0.261 e. The third-order valence-electron chi connectivity index (χ3n) is 4.05. The minimum absolute atomic E-state index is 0.0303. The zero-order chi connectivity index (χ0) is 17.5. The van der Waals surface area contributed by atoms with E-state index in [9.17, 15) is 4.79 Å². The van der Waals surface area contributed by atoms with Crippen molar-refractivity contribution in [3.63, 3.8) is 0 Å². The van der Waals surface area contributed by atoms with Crippen LogP contribution in [0.15, 0.2) is 22.7 Å². The fourth-order valence-corrected chi connectivity index (χ4v) is 4.13. The van der Waals surface area contributed by atoms with Crippen molar-refractivity contribution in [2.24, 2.45) is 7.05 Å². The van der Waals surface area contributed by atoms with Gasteiger partial charge in [0.05, 0.1) is 18.1 Å². The standard InChI is InChI=1S/C16H23N5O2S2/c1-20-14(4-5-17-15(22)13-3-2-11-24-13)18-19-16(20)25-12-8-21-6-9-23-10-7-21/h2-3,11H,4-10,12H2,1H3,(H,17,22). The summed E-state index contributed by atoms with van der Waals surface area (Å²) in [5.41, 5.74) is 0. The largest absolute Gasteiger partial charge is 0.379 e. The molecule has 1 aliphatic heterocycles. The first-order chi connectivity index (χ1) is 12.2. The van der Waals surface area contributed by atoms with E-state index in [1.54, 1.807) is 11.8 Å². The van der Waals surface area contributed by atoms with Crippen LogP contribution >= 0.6 is 23.1 Å². The van der Waals surface area contributed by atoms with Crippen molar-refractivity contribution < 1.29 is 9.53 Å². The summed E-state index contributed by atoms with van der Waals surface area (Å²) in [7, 11) is 1.98. The number of nitrogens with one attached hydrogen (secondary N) is 1. The predicted octanol–water partition coefficient (Wildman–Crippen LogP) is 1.27. The molecule has 1 aliphatic rings. The van der Waals surface area contributed by atoms with E-state index in [0.29, 0.717) is 13.0 Å². The normalized spacial score (nSPS) is 15.4. The molecular weight excluding hydrogens is 358 g/mol. The number of amides is 1. The van der Waals surface area contributed by atoms with Crippen molar-refractivity contribution in [2.75, 3.05) is 45.1 Å². The lowest BCUT2D eigenvalue weighted by molar-refractivity contribution is 0.0410. The van der Waals surface area contributed by atoms with Gasteiger partial charge in [0.1, 0.15) is 5.82 Å². The minimum atomic E-state index is -0.0303. The number of aromatic nitrogens is 3. The third kappa shape index (κ3) is 5.27. The summed E-state index contributed by atoms with van der Waals surface area (Å²) in [4.78, 5) is 15.1. The second-order valence-corrected chi connectivity index (χ2v) is 7.75. The van der Waals surface area contributed by atoms with Gasteiger partial charge < -0.3 is 14.6 Å². The molecule has 136 valence electrons. The predicted molar refractivity (Wildman–Crippen MR) is 99.3 cm³/mol. The van der Waals surface area contributed by atoms with Crippen molar-refractivity contribution in [1.29, 1.82) is 0 Å². The van der Waals surface area contributed by atoms with Crippen LogP contribution in [-0.4, -0.2) is 70.7 Å². The monoisotopic (exact) mass is 381 g/mol. The van der Waals surface area contributed by atoms with Crippen molar-refractivity contribution in [2.45, 2.75) is 11.6 Å². The summed E-state index contributed by atoms with van der Waals surface area (Å²) >= 11 is 3.17. The summed E-state index contributed by atoms with van der Waals surface area (Å²) in [5.74, 6) is 1.85. The molecule has 0 saturated carbocycles. The summed E-state index contributed by atoms with van der Waals surface area (Å²) in [6, 6.07) is 3.70. The quantitative estimate of drug-likeness (QED) is 0.695. The molecule has 0 atom stereocenters. The van der Waals surface area contributed by atoms with Crippen LogP contribution in [0.25, 0.3) is 0 Å². The van der Waals surface area contributed by atoms with E-state index in [-0.39, 0.29) is 5.91 Å². The van der Waals surface area contributed by atoms with E-state index in [4.69, 9.17) is 4.74 Å². The second kappa shape index (κ2) is 9.33. The molecule has 25 heavy (non-hydrogen) atoms. The molecule has 1 saturated heterocycles. The maximum atomic E-state index is 11.9. The average molecular weight is 382 g/mol. The first kappa shape index (κ1) is 18.4. The molecule has 9 heteroatoms. The number of thiophene rings is 1. The first-order valence-electron chi connectivity index (χ1n) is 8.37. The lowest BCUT2D eigenvalue weighted by Crippen LogP contribution is -2.37. The molecule has 3 rings (SSSR count). The van der Waals surface area contributed by atoms with Gasteiger partial charge in [-0.3, -0.25) is 9.69 Å². The number of morpholine rings is 1. The first-order valence-corrected chi connectivity index (χ1v) is 10.2. The van der Waals surface area contributed by atoms with Crippen LogP contribution in [0.2, 0.25) is 0 Å². The fourth-order valence-electron chi connectivity index (χ4n) is 2.56. The Kier molecular flexibility index (Phi) is 6.85. The van der Waals surface area contributed by atoms with Crippen LogP contribution in [0.1, 0.15) is 15.5 Å². The van der Waals surface area contributed by atoms with Crippen LogP contribution in [-0.2, 0) is 18.2 Å². The Hall–Kier alpha value is -1.42. The molecule has 1 N–H and O–H groups in total. The van der Waals surface area contributed by atoms with Gasteiger partial charge in [-0.25, -0.2) is 0 Å². The molecule has 1 fully saturated rings. The highest BCUT2D eigenvalue weighted by Crippen LogP contribution is 2.16. The number of hydrogen-bond acceptors (Lipinski definition) is 7. The minimum Gasteiger partial charge on any atom is -0.379 e. The van der Waals surface area contributed by atoms with Gasteiger partial charge in [0.2, 0.25) is 0 Å². The van der Waals surface area contributed by atoms with Crippen LogP contribution in [0.4, 0.5) is 0 Å². The molecule has 0 aromatic carbocycles. The van der Waals surface area contributed by atoms with Crippen molar-refractivity contribution in [3.05, 3.63) is 28.2 Å². The van der Waals surface area contributed by atoms with Crippen molar-refractivity contribution in [1.82, 2.24) is 25.0 Å². The van der Waals surface area contributed by atoms with Gasteiger partial charge in [0, 0.05) is 45.4 Å². The van der Waals surface area contributed by atoms with Crippen LogP contribution in [0.5, 0.6) is 0 Å². The molecule has 1 amide bonds. The zero-order valence-electron chi connectivity index (χ0n) is 14.3. The topological polar surface area (TPSA) is 72.3 Å². The zero-order valence-corrected chi connectivity index (χ0v) is 15.9. The molecule has 7 nitrogen and oxygen atoms in total. The lowest BCUT2D eigenvalue weighted by Gasteiger charge is -2.26. The van der Waals surface area contributed by atoms with E-state index in [2.05, 4.69) is 20.4 Å². The number of carbonyl (C=O) groups is 1. The van der Waals surface area contributed by atoms with Crippen LogP contribution in [0, 0.1) is 0 Å². The molecule has 2 aromatic rings. The number of rotatable bonds is 8. The third-order valence-corrected chi connectivity index (χ3v) is 5.92. The highest BCUT2D eigenvalue weighted by molar-refractivity contribution is 7.99. The van der Waals surface area contributed by atoms with Gasteiger partial charge in [-0.15, -0.1) is 21.5 Å². The molecule has 0 spiro atoms. The second-order valence-electron chi connectivity index (χ2n) is 5.74. The molecule has 3 heterocycles. The van der Waals surface area contributed by atoms with Crippen molar-refractivity contribution >= 4 is 29.0 Å². The molecule has 0 bridgehead atoms. The fraction of sp³-hybridized carbons (Fsp3) is 0.562. The van der Waals surface area contributed by atoms with E-state index < -0.39 is 0 Å². The van der Waals surface area contributed by atoms with Gasteiger partial charge in [0.25, 0.3) is 5.91 Å². The van der Waals surface area contributed by atoms with Crippen molar-refractivity contribution in [3.8, 4) is 0 Å². The van der Waals surface area contributed by atoms with E-state index in [1.807, 2.05) is 29.1 Å². The van der Waals surface area contributed by atoms with Gasteiger partial charge in [-0.05, 0) is 11.4 Å². The van der Waals surface area contributed by atoms with Gasteiger partial charge in [0.15, 0.2) is 5.16 Å². The number of thioether (sulfide) groups is 1. The number of ether oxygens (including phenoxy) is 1. The van der Waals surface area contributed by atoms with Crippen LogP contribution in [0.3, 0.4) is 0 Å². The Morgan fingerprint density at radius 3 is 3.00 bits per heavy atom. The molecule has 2 aromatic heterocycles. The Bertz CT molecular complexity index is 668. The number of hydrogen-bond donors (Lipinski definition) is 1. The summed E-state index contributed by atoms with van der Waals surface area (Å²) < 4.78 is 7.38. The maximum Gasteiger partial charge on any atom is 0.261 e. The summed E-state index contributed by atoms with van der Waals surface area (Å²) in [6.07, 6.45) is 0.671. The molecular formula is C16H23N5O2S2. The summed E-state index contributed by atoms with van der Waals surface area (Å²) in [5, 5.41) is 14.3. The SMILES string of the molecule is Cn1c(CCNC(=O)c2cccs2)nnc1SCCN1CCOCC1. The van der Waals surface area contributed by atoms with E-state index in [0.717, 1.165) is 54.5 Å².